The lowest BCUT2D eigenvalue weighted by Crippen LogP contribution is -2.30. The fourth-order valence-electron chi connectivity index (χ4n) is 7.57. The lowest BCUT2D eigenvalue weighted by atomic mass is 9.90. The van der Waals surface area contributed by atoms with E-state index in [0.717, 1.165) is 50.9 Å². The predicted octanol–water partition coefficient (Wildman–Crippen LogP) is 9.51. The number of hydrogen-bond acceptors (Lipinski definition) is 13. The molecule has 0 saturated heterocycles. The van der Waals surface area contributed by atoms with Crippen LogP contribution >= 0.6 is 15.6 Å². The molecule has 0 aromatic carbocycles. The van der Waals surface area contributed by atoms with Gasteiger partial charge in [0.25, 0.3) is 0 Å². The van der Waals surface area contributed by atoms with Crippen LogP contribution in [0.1, 0.15) is 188 Å². The molecule has 1 rings (SSSR count). The first kappa shape index (κ1) is 61.2. The maximum atomic E-state index is 12.8. The van der Waals surface area contributed by atoms with Crippen molar-refractivity contribution in [3.05, 3.63) is 24.3 Å². The summed E-state index contributed by atoms with van der Waals surface area (Å²) in [5.74, 6) is -1.25. The van der Waals surface area contributed by atoms with E-state index in [1.165, 1.54) is 70.6 Å². The minimum atomic E-state index is -4.90. The lowest BCUT2D eigenvalue weighted by Gasteiger charge is -2.20. The zero-order valence-corrected chi connectivity index (χ0v) is 41.5. The van der Waals surface area contributed by atoms with E-state index >= 15 is 0 Å². The molecule has 1 aliphatic rings. The summed E-state index contributed by atoms with van der Waals surface area (Å²) in [4.78, 5) is 65.6. The Balaban J connectivity index is 2.50. The fourth-order valence-corrected chi connectivity index (χ4v) is 8.73. The number of aliphatic hydroxyl groups is 3. The monoisotopic (exact) mass is 969 g/mol. The fraction of sp³-hybridized carbons (Fsp3) is 0.851. The number of ketones is 1. The summed E-state index contributed by atoms with van der Waals surface area (Å²) in [7, 11) is -9.77. The molecule has 1 fully saturated rings. The zero-order valence-electron chi connectivity index (χ0n) is 39.7. The largest absolute Gasteiger partial charge is 0.472 e. The number of Topliss-reactive ketones (excluding diaryl/α,β-unsaturated/α-hetero) is 1. The van der Waals surface area contributed by atoms with Gasteiger partial charge in [0.2, 0.25) is 0 Å². The number of ether oxygens (including phenoxy) is 2. The van der Waals surface area contributed by atoms with Crippen molar-refractivity contribution in [1.29, 1.82) is 0 Å². The summed E-state index contributed by atoms with van der Waals surface area (Å²) in [5.41, 5.74) is 0. The van der Waals surface area contributed by atoms with E-state index < -0.39 is 84.3 Å². The number of unbranched alkanes of at least 4 members (excludes halogenated alkanes) is 17. The van der Waals surface area contributed by atoms with Gasteiger partial charge < -0.3 is 39.5 Å². The molecule has 0 aliphatic heterocycles. The maximum absolute atomic E-state index is 12.8. The summed E-state index contributed by atoms with van der Waals surface area (Å²) < 4.78 is 47.9. The number of carbonyl (C=O) groups is 3. The van der Waals surface area contributed by atoms with E-state index in [1.807, 2.05) is 12.2 Å². The highest BCUT2D eigenvalue weighted by Gasteiger charge is 2.39. The van der Waals surface area contributed by atoms with Gasteiger partial charge in [-0.3, -0.25) is 28.0 Å². The van der Waals surface area contributed by atoms with Crippen LogP contribution in [0.15, 0.2) is 24.3 Å². The van der Waals surface area contributed by atoms with Crippen molar-refractivity contribution in [2.45, 2.75) is 212 Å². The third-order valence-electron chi connectivity index (χ3n) is 11.4. The normalized spacial score (nSPS) is 19.3. The minimum absolute atomic E-state index is 0.00315. The van der Waals surface area contributed by atoms with Gasteiger partial charge in [-0.1, -0.05) is 161 Å². The van der Waals surface area contributed by atoms with E-state index in [0.29, 0.717) is 32.1 Å². The number of allylic oxidation sites excluding steroid dienone is 2. The van der Waals surface area contributed by atoms with Crippen LogP contribution < -0.4 is 0 Å². The van der Waals surface area contributed by atoms with Gasteiger partial charge in [0, 0.05) is 31.1 Å². The second kappa shape index (κ2) is 37.1. The molecule has 0 amide bonds. The Kier molecular flexibility index (Phi) is 35.0. The molecule has 0 spiro atoms. The van der Waals surface area contributed by atoms with Crippen LogP contribution in [-0.2, 0) is 46.6 Å². The number of rotatable bonds is 42. The zero-order chi connectivity index (χ0) is 48.4. The smallest absolute Gasteiger partial charge is 0.462 e. The second-order valence-electron chi connectivity index (χ2n) is 18.0. The van der Waals surface area contributed by atoms with Gasteiger partial charge in [-0.05, 0) is 38.0 Å². The summed E-state index contributed by atoms with van der Waals surface area (Å²) in [6.45, 7) is 3.71. The molecule has 0 radical (unpaired) electrons. The molecule has 0 heterocycles. The topological polar surface area (TPSA) is 253 Å². The van der Waals surface area contributed by atoms with Crippen molar-refractivity contribution in [3.8, 4) is 0 Å². The van der Waals surface area contributed by atoms with Gasteiger partial charge >= 0.3 is 27.6 Å². The van der Waals surface area contributed by atoms with E-state index in [9.17, 15) is 43.7 Å². The predicted molar refractivity (Wildman–Crippen MR) is 249 cm³/mol. The average molecular weight is 969 g/mol. The third kappa shape index (κ3) is 35.0. The Morgan fingerprint density at radius 3 is 1.82 bits per heavy atom. The van der Waals surface area contributed by atoms with Crippen LogP contribution in [0.3, 0.4) is 0 Å². The molecule has 1 unspecified atom stereocenters. The highest BCUT2D eigenvalue weighted by atomic mass is 31.2. The van der Waals surface area contributed by atoms with Gasteiger partial charge in [-0.2, -0.15) is 0 Å². The minimum Gasteiger partial charge on any atom is -0.462 e. The van der Waals surface area contributed by atoms with Crippen molar-refractivity contribution in [2.24, 2.45) is 17.8 Å². The van der Waals surface area contributed by atoms with E-state index in [-0.39, 0.29) is 31.0 Å². The molecule has 6 N–H and O–H groups in total. The molecule has 0 bridgehead atoms. The van der Waals surface area contributed by atoms with E-state index in [4.69, 9.17) is 23.8 Å². The quantitative estimate of drug-likeness (QED) is 0.0144. The molecule has 0 aromatic heterocycles. The van der Waals surface area contributed by atoms with E-state index in [2.05, 4.69) is 29.8 Å². The van der Waals surface area contributed by atoms with Crippen LogP contribution in [0.4, 0.5) is 0 Å². The van der Waals surface area contributed by atoms with Gasteiger partial charge in [0.15, 0.2) is 6.10 Å². The van der Waals surface area contributed by atoms with Crippen LogP contribution in [-0.4, -0.2) is 98.6 Å². The molecule has 380 valence electrons. The maximum Gasteiger partial charge on any atom is 0.472 e. The summed E-state index contributed by atoms with van der Waals surface area (Å²) in [6.07, 6.45) is 26.8. The van der Waals surface area contributed by atoms with Gasteiger partial charge in [-0.25, -0.2) is 9.13 Å². The first-order chi connectivity index (χ1) is 30.9. The molecular formula is C47H86O16P2. The summed E-state index contributed by atoms with van der Waals surface area (Å²) in [5, 5.41) is 30.5. The van der Waals surface area contributed by atoms with Crippen LogP contribution in [0, 0.1) is 17.8 Å². The molecule has 1 aliphatic carbocycles. The van der Waals surface area contributed by atoms with Gasteiger partial charge in [0.05, 0.1) is 32.0 Å². The third-order valence-corrected chi connectivity index (χ3v) is 12.8. The number of hydrogen-bond donors (Lipinski definition) is 6. The first-order valence-corrected chi connectivity index (χ1v) is 27.5. The summed E-state index contributed by atoms with van der Waals surface area (Å²) in [6, 6.07) is 0. The number of aliphatic hydroxyl groups excluding tert-OH is 3. The molecular weight excluding hydrogens is 882 g/mol. The lowest BCUT2D eigenvalue weighted by molar-refractivity contribution is -0.161. The highest BCUT2D eigenvalue weighted by molar-refractivity contribution is 7.47. The highest BCUT2D eigenvalue weighted by Crippen LogP contribution is 2.44. The Labute approximate surface area is 389 Å². The molecule has 7 atom stereocenters. The number of carbonyl (C=O) groups excluding carboxylic acids is 3. The van der Waals surface area contributed by atoms with E-state index in [1.54, 1.807) is 12.2 Å². The number of phosphoric ester groups is 2. The molecule has 0 aromatic rings. The molecule has 16 nitrogen and oxygen atoms in total. The Bertz CT molecular complexity index is 1420. The van der Waals surface area contributed by atoms with Gasteiger partial charge in [-0.15, -0.1) is 0 Å². The van der Waals surface area contributed by atoms with Crippen molar-refractivity contribution in [3.63, 3.8) is 0 Å². The van der Waals surface area contributed by atoms with Crippen LogP contribution in [0.5, 0.6) is 0 Å². The van der Waals surface area contributed by atoms with Crippen LogP contribution in [0.25, 0.3) is 0 Å². The SMILES string of the molecule is CCCCC[C@H](O)/C=C/[C@H]1[C@H](O)CC(=O)[C@@H]1C/C=C\CCCC(=O)OC[C@H](COP(=O)(O)OC[C@@H](O)COP(=O)(O)O)OC(=O)CCCCCCCCCCCCCCCCCC(C)C. The Morgan fingerprint density at radius 2 is 1.23 bits per heavy atom. The Hall–Kier alpha value is -1.81. The van der Waals surface area contributed by atoms with Gasteiger partial charge in [0.1, 0.15) is 18.5 Å². The number of esters is 2. The standard InChI is InChI=1S/C47H86O16P2/c1-4-5-21-27-39(48)31-32-43-42(44(50)33-45(43)51)28-23-19-20-24-29-46(52)59-36-41(37-62-65(57,58)61-35-40(49)34-60-64(54,55)56)63-47(53)30-25-18-16-14-12-10-8-6-7-9-11-13-15-17-22-26-38(2)3/h19,23,31-32,38-43,45,48-49,51H,4-18,20-22,24-30,33-37H2,1-3H3,(H,57,58)(H2,54,55,56)/b23-19-,32-31+/t39-,40-,41+,42+,43+,45+/m0/s1. The van der Waals surface area contributed by atoms with Crippen molar-refractivity contribution in [2.75, 3.05) is 26.4 Å². The molecule has 65 heavy (non-hydrogen) atoms. The number of phosphoric acid groups is 2. The van der Waals surface area contributed by atoms with Crippen molar-refractivity contribution in [1.82, 2.24) is 0 Å². The average Bonchev–Trinajstić information content (AvgIpc) is 3.51. The Morgan fingerprint density at radius 1 is 0.692 bits per heavy atom. The second-order valence-corrected chi connectivity index (χ2v) is 20.7. The molecule has 1 saturated carbocycles. The van der Waals surface area contributed by atoms with Crippen molar-refractivity contribution < 1.29 is 76.6 Å². The van der Waals surface area contributed by atoms with Crippen molar-refractivity contribution >= 4 is 33.4 Å². The summed E-state index contributed by atoms with van der Waals surface area (Å²) >= 11 is 0. The van der Waals surface area contributed by atoms with Crippen LogP contribution in [0.2, 0.25) is 0 Å². The molecule has 18 heteroatoms. The first-order valence-electron chi connectivity index (χ1n) is 24.5.